The summed E-state index contributed by atoms with van der Waals surface area (Å²) in [6.07, 6.45) is 6.13. The maximum atomic E-state index is 6.05. The number of alkyl halides is 1. The van der Waals surface area contributed by atoms with E-state index < -0.39 is 0 Å². The molecular weight excluding hydrogens is 548 g/mol. The Hall–Kier alpha value is 1.34. The number of rotatable bonds is 3. The van der Waals surface area contributed by atoms with E-state index in [1.54, 1.807) is 0 Å². The molecule has 0 aromatic heterocycles. The molecule has 4 fully saturated rings. The van der Waals surface area contributed by atoms with E-state index in [9.17, 15) is 0 Å². The molecule has 4 heterocycles. The predicted molar refractivity (Wildman–Crippen MR) is 147 cm³/mol. The lowest BCUT2D eigenvalue weighted by Crippen LogP contribution is -2.51. The zero-order valence-electron chi connectivity index (χ0n) is 19.3. The van der Waals surface area contributed by atoms with E-state index in [0.29, 0.717) is 11.8 Å². The van der Waals surface area contributed by atoms with Gasteiger partial charge in [-0.05, 0) is 20.8 Å². The highest BCUT2D eigenvalue weighted by molar-refractivity contribution is 14.1. The van der Waals surface area contributed by atoms with E-state index in [1.165, 1.54) is 0 Å². The van der Waals surface area contributed by atoms with Gasteiger partial charge in [0.2, 0.25) is 0 Å². The highest BCUT2D eigenvalue weighted by Gasteiger charge is 2.59. The lowest BCUT2D eigenvalue weighted by molar-refractivity contribution is -0.139. The highest BCUT2D eigenvalue weighted by atomic mass is 127. The van der Waals surface area contributed by atoms with Crippen molar-refractivity contribution in [3.05, 3.63) is 25.3 Å². The van der Waals surface area contributed by atoms with E-state index >= 15 is 0 Å². The molecule has 4 saturated heterocycles. The van der Waals surface area contributed by atoms with Crippen molar-refractivity contribution >= 4 is 50.3 Å². The van der Waals surface area contributed by atoms with Crippen molar-refractivity contribution in [3.8, 4) is 0 Å². The summed E-state index contributed by atoms with van der Waals surface area (Å²) in [4.78, 5) is 0. The van der Waals surface area contributed by atoms with Crippen LogP contribution < -0.4 is 0 Å². The molecule has 0 amide bonds. The summed E-state index contributed by atoms with van der Waals surface area (Å²) < 4.78 is 24.2. The Kier molecular flexibility index (Phi) is 10.9. The fourth-order valence-corrected chi connectivity index (χ4v) is 5.21. The summed E-state index contributed by atoms with van der Waals surface area (Å²) in [7, 11) is 4.67. The number of ether oxygens (including phenoxy) is 4. The Balaban J connectivity index is 0.000000270. The first-order valence-corrected chi connectivity index (χ1v) is 14.5. The van der Waals surface area contributed by atoms with Crippen LogP contribution in [-0.4, -0.2) is 52.3 Å². The molecule has 10 atom stereocenters. The Labute approximate surface area is 205 Å². The van der Waals surface area contributed by atoms with Crippen LogP contribution in [0.2, 0.25) is 0 Å². The van der Waals surface area contributed by atoms with Crippen LogP contribution in [-0.2, 0) is 18.9 Å². The highest BCUT2D eigenvalue weighted by Crippen LogP contribution is 2.51. The largest absolute Gasteiger partial charge is 0.369 e. The first-order valence-electron chi connectivity index (χ1n) is 10.3. The molecule has 0 radical (unpaired) electrons. The molecule has 4 aliphatic heterocycles. The fraction of sp³-hybridized carbons (Fsp3) is 0.818. The molecule has 4 nitrogen and oxygen atoms in total. The monoisotopic (exact) mass is 590 g/mol. The fourth-order valence-electron chi connectivity index (χ4n) is 4.76. The van der Waals surface area contributed by atoms with Gasteiger partial charge in [-0.1, -0.05) is 48.6 Å². The summed E-state index contributed by atoms with van der Waals surface area (Å²) in [5.41, 5.74) is 0.0852. The standard InChI is InChI=1S/C11H17IO2.C11H18O2.H4P2.H3P/c1-4-9-8(2)11(7-13-11)5-10(3,6-12)14-9;1-5-9-8(2)11(7-12-11)6-10(3,4)13-9;1-2;/h4,8-9H,1,5-7H2,2-3H3;5,8-9H,1,6-7H2,2-4H3;1-2H2;1H3/t8-,9-,10+,11-;8-,9-,11-;;/m11../s1. The number of epoxide rings is 2. The lowest BCUT2D eigenvalue weighted by Gasteiger charge is -2.43. The summed E-state index contributed by atoms with van der Waals surface area (Å²) in [5.74, 6) is 0.883. The minimum Gasteiger partial charge on any atom is -0.369 e. The van der Waals surface area contributed by atoms with Gasteiger partial charge in [0.1, 0.15) is 0 Å². The zero-order valence-corrected chi connectivity index (χ0v) is 25.2. The van der Waals surface area contributed by atoms with Crippen LogP contribution in [0.15, 0.2) is 25.3 Å². The van der Waals surface area contributed by atoms with Gasteiger partial charge < -0.3 is 18.9 Å². The van der Waals surface area contributed by atoms with Crippen LogP contribution in [0.25, 0.3) is 0 Å². The van der Waals surface area contributed by atoms with Gasteiger partial charge in [-0.15, -0.1) is 31.0 Å². The number of hydrogen-bond acceptors (Lipinski definition) is 4. The maximum absolute atomic E-state index is 6.05. The van der Waals surface area contributed by atoms with Crippen molar-refractivity contribution in [1.29, 1.82) is 0 Å². The SMILES string of the molecule is C=C[C@H]1OC(C)(C)C[C@@]2(CO2)[C@@H]1C.C=C[C@H]1O[C@](C)(CI)C[C@@]2(CO2)[C@@H]1C.P.PP. The molecular formula is C22H42IO4P3. The molecule has 0 saturated carbocycles. The normalized spacial score (nSPS) is 45.1. The molecule has 2 spiro atoms. The second kappa shape index (κ2) is 11.2. The predicted octanol–water partition coefficient (Wildman–Crippen LogP) is 5.41. The molecule has 4 rings (SSSR count). The van der Waals surface area contributed by atoms with E-state index in [-0.39, 0.29) is 44.5 Å². The van der Waals surface area contributed by atoms with Crippen molar-refractivity contribution < 1.29 is 18.9 Å². The molecule has 8 heteroatoms. The van der Waals surface area contributed by atoms with E-state index in [1.807, 2.05) is 12.2 Å². The van der Waals surface area contributed by atoms with Crippen LogP contribution in [0, 0.1) is 11.8 Å². The molecule has 0 aliphatic carbocycles. The van der Waals surface area contributed by atoms with Gasteiger partial charge in [0.15, 0.2) is 0 Å². The third-order valence-electron chi connectivity index (χ3n) is 6.70. The van der Waals surface area contributed by atoms with Crippen molar-refractivity contribution in [2.75, 3.05) is 17.6 Å². The van der Waals surface area contributed by atoms with Crippen LogP contribution >= 0.6 is 50.3 Å². The summed E-state index contributed by atoms with van der Waals surface area (Å²) in [6, 6.07) is 0. The average molecular weight is 590 g/mol. The molecule has 4 aliphatic rings. The van der Waals surface area contributed by atoms with Gasteiger partial charge in [0.05, 0.1) is 47.8 Å². The van der Waals surface area contributed by atoms with Crippen LogP contribution in [0.5, 0.6) is 0 Å². The second-order valence-electron chi connectivity index (χ2n) is 9.62. The second-order valence-corrected chi connectivity index (χ2v) is 10.4. The van der Waals surface area contributed by atoms with E-state index in [4.69, 9.17) is 18.9 Å². The van der Waals surface area contributed by atoms with Gasteiger partial charge in [0, 0.05) is 29.1 Å². The van der Waals surface area contributed by atoms with Gasteiger partial charge in [0.25, 0.3) is 0 Å². The van der Waals surface area contributed by atoms with Crippen molar-refractivity contribution in [3.63, 3.8) is 0 Å². The molecule has 0 bridgehead atoms. The van der Waals surface area contributed by atoms with Crippen LogP contribution in [0.4, 0.5) is 0 Å². The molecule has 0 aromatic rings. The first-order chi connectivity index (χ1) is 13.5. The molecule has 176 valence electrons. The quantitative estimate of drug-likeness (QED) is 0.145. The number of halogens is 1. The number of hydrogen-bond donors (Lipinski definition) is 0. The van der Waals surface area contributed by atoms with E-state index in [2.05, 4.69) is 88.2 Å². The van der Waals surface area contributed by atoms with Gasteiger partial charge in [-0.2, -0.15) is 9.90 Å². The summed E-state index contributed by atoms with van der Waals surface area (Å²) in [6.45, 7) is 20.3. The lowest BCUT2D eigenvalue weighted by atomic mass is 9.78. The van der Waals surface area contributed by atoms with Gasteiger partial charge >= 0.3 is 0 Å². The summed E-state index contributed by atoms with van der Waals surface area (Å²) in [5, 5.41) is 0. The third-order valence-corrected chi connectivity index (χ3v) is 8.31. The molecule has 0 aromatic carbocycles. The molecule has 30 heavy (non-hydrogen) atoms. The molecule has 0 N–H and O–H groups in total. The van der Waals surface area contributed by atoms with E-state index in [0.717, 1.165) is 30.5 Å². The Morgan fingerprint density at radius 1 is 0.900 bits per heavy atom. The van der Waals surface area contributed by atoms with Crippen LogP contribution in [0.3, 0.4) is 0 Å². The first kappa shape index (κ1) is 29.4. The van der Waals surface area contributed by atoms with Crippen molar-refractivity contribution in [1.82, 2.24) is 0 Å². The molecule has 3 unspecified atom stereocenters. The minimum atomic E-state index is -0.0676. The van der Waals surface area contributed by atoms with Crippen molar-refractivity contribution in [2.45, 2.75) is 82.1 Å². The third kappa shape index (κ3) is 6.47. The Morgan fingerprint density at radius 2 is 1.30 bits per heavy atom. The van der Waals surface area contributed by atoms with Gasteiger partial charge in [-0.3, -0.25) is 0 Å². The summed E-state index contributed by atoms with van der Waals surface area (Å²) >= 11 is 2.39. The Morgan fingerprint density at radius 3 is 1.67 bits per heavy atom. The topological polar surface area (TPSA) is 43.5 Å². The average Bonchev–Trinajstić information content (AvgIpc) is 3.62. The van der Waals surface area contributed by atoms with Crippen molar-refractivity contribution in [2.24, 2.45) is 11.8 Å². The smallest absolute Gasteiger partial charge is 0.0997 e. The van der Waals surface area contributed by atoms with Gasteiger partial charge in [-0.25, -0.2) is 0 Å². The zero-order chi connectivity index (χ0) is 22.1. The maximum Gasteiger partial charge on any atom is 0.0997 e. The minimum absolute atomic E-state index is 0. The Bertz CT molecular complexity index is 595. The van der Waals surface area contributed by atoms with Crippen LogP contribution in [0.1, 0.15) is 47.5 Å².